The molecule has 0 aliphatic heterocycles. The number of H-pyrrole nitrogens is 1. The van der Waals surface area contributed by atoms with Gasteiger partial charge in [0.05, 0.1) is 0 Å². The number of nitrogens with zero attached hydrogens (tertiary/aromatic N) is 1. The summed E-state index contributed by atoms with van der Waals surface area (Å²) in [5, 5.41) is 10.9. The third-order valence-corrected chi connectivity index (χ3v) is 3.17. The summed E-state index contributed by atoms with van der Waals surface area (Å²) in [6.07, 6.45) is 0. The van der Waals surface area contributed by atoms with Gasteiger partial charge in [-0.2, -0.15) is 5.26 Å². The first-order valence-corrected chi connectivity index (χ1v) is 5.94. The first-order valence-electron chi connectivity index (χ1n) is 5.56. The average molecular weight is 253 g/mol. The molecule has 18 heavy (non-hydrogen) atoms. The van der Waals surface area contributed by atoms with Gasteiger partial charge in [0.25, 0.3) is 0 Å². The Hall–Kier alpha value is -2.24. The van der Waals surface area contributed by atoms with Gasteiger partial charge in [0.15, 0.2) is 0 Å². The SMILES string of the molecule is N#Cc1[nH]c2ccc(Cl)cc2c1-c1ccccc1. The molecule has 0 spiro atoms. The van der Waals surface area contributed by atoms with Crippen LogP contribution in [0.25, 0.3) is 22.0 Å². The van der Waals surface area contributed by atoms with E-state index in [1.807, 2.05) is 48.5 Å². The molecule has 3 heteroatoms. The van der Waals surface area contributed by atoms with Crippen LogP contribution in [0.15, 0.2) is 48.5 Å². The van der Waals surface area contributed by atoms with Gasteiger partial charge >= 0.3 is 0 Å². The molecule has 0 aliphatic rings. The van der Waals surface area contributed by atoms with E-state index in [9.17, 15) is 5.26 Å². The molecule has 0 fully saturated rings. The maximum Gasteiger partial charge on any atom is 0.126 e. The number of rotatable bonds is 1. The van der Waals surface area contributed by atoms with Gasteiger partial charge in [-0.25, -0.2) is 0 Å². The van der Waals surface area contributed by atoms with Crippen LogP contribution in [0.1, 0.15) is 5.69 Å². The number of aromatic nitrogens is 1. The molecule has 0 atom stereocenters. The molecule has 1 N–H and O–H groups in total. The smallest absolute Gasteiger partial charge is 0.126 e. The lowest BCUT2D eigenvalue weighted by molar-refractivity contribution is 1.37. The lowest BCUT2D eigenvalue weighted by Gasteiger charge is -2.00. The summed E-state index contributed by atoms with van der Waals surface area (Å²) in [6, 6.07) is 17.7. The molecule has 1 heterocycles. The van der Waals surface area contributed by atoms with E-state index in [2.05, 4.69) is 11.1 Å². The van der Waals surface area contributed by atoms with Crippen LogP contribution in [0.5, 0.6) is 0 Å². The molecular weight excluding hydrogens is 244 g/mol. The molecule has 0 saturated heterocycles. The number of halogens is 1. The van der Waals surface area contributed by atoms with Crippen LogP contribution in [0.2, 0.25) is 5.02 Å². The summed E-state index contributed by atoms with van der Waals surface area (Å²) >= 11 is 6.03. The highest BCUT2D eigenvalue weighted by molar-refractivity contribution is 6.31. The van der Waals surface area contributed by atoms with E-state index in [1.54, 1.807) is 0 Å². The Labute approximate surface area is 109 Å². The van der Waals surface area contributed by atoms with Gasteiger partial charge in [-0.3, -0.25) is 0 Å². The van der Waals surface area contributed by atoms with Gasteiger partial charge in [0.2, 0.25) is 0 Å². The van der Waals surface area contributed by atoms with Gasteiger partial charge in [-0.15, -0.1) is 0 Å². The second-order valence-electron chi connectivity index (χ2n) is 4.04. The van der Waals surface area contributed by atoms with Crippen LogP contribution in [0, 0.1) is 11.3 Å². The number of nitriles is 1. The zero-order valence-electron chi connectivity index (χ0n) is 9.44. The lowest BCUT2D eigenvalue weighted by Crippen LogP contribution is -1.80. The Morgan fingerprint density at radius 3 is 2.56 bits per heavy atom. The Morgan fingerprint density at radius 1 is 1.06 bits per heavy atom. The van der Waals surface area contributed by atoms with Crippen molar-refractivity contribution in [2.45, 2.75) is 0 Å². The Kier molecular flexibility index (Phi) is 2.55. The maximum atomic E-state index is 9.24. The molecule has 0 bridgehead atoms. The number of hydrogen-bond donors (Lipinski definition) is 1. The van der Waals surface area contributed by atoms with E-state index in [-0.39, 0.29) is 0 Å². The second-order valence-corrected chi connectivity index (χ2v) is 4.48. The zero-order valence-corrected chi connectivity index (χ0v) is 10.2. The standard InChI is InChI=1S/C15H9ClN2/c16-11-6-7-13-12(8-11)15(14(9-17)18-13)10-4-2-1-3-5-10/h1-8,18H. The molecule has 0 amide bonds. The topological polar surface area (TPSA) is 39.6 Å². The molecule has 0 aliphatic carbocycles. The Morgan fingerprint density at radius 2 is 1.83 bits per heavy atom. The van der Waals surface area contributed by atoms with Crippen LogP contribution >= 0.6 is 11.6 Å². The van der Waals surface area contributed by atoms with Crippen molar-refractivity contribution < 1.29 is 0 Å². The highest BCUT2D eigenvalue weighted by atomic mass is 35.5. The van der Waals surface area contributed by atoms with E-state index in [0.717, 1.165) is 22.0 Å². The predicted octanol–water partition coefficient (Wildman–Crippen LogP) is 4.36. The molecule has 86 valence electrons. The molecule has 0 radical (unpaired) electrons. The minimum atomic E-state index is 0.568. The number of nitrogens with one attached hydrogen (secondary N) is 1. The second kappa shape index (κ2) is 4.21. The number of benzene rings is 2. The van der Waals surface area contributed by atoms with Crippen LogP contribution in [0.3, 0.4) is 0 Å². The molecule has 2 nitrogen and oxygen atoms in total. The summed E-state index contributed by atoms with van der Waals surface area (Å²) in [5.74, 6) is 0. The monoisotopic (exact) mass is 252 g/mol. The number of hydrogen-bond acceptors (Lipinski definition) is 1. The summed E-state index contributed by atoms with van der Waals surface area (Å²) < 4.78 is 0. The molecule has 0 saturated carbocycles. The summed E-state index contributed by atoms with van der Waals surface area (Å²) in [5.41, 5.74) is 3.42. The highest BCUT2D eigenvalue weighted by Gasteiger charge is 2.12. The van der Waals surface area contributed by atoms with E-state index in [1.165, 1.54) is 0 Å². The van der Waals surface area contributed by atoms with Crippen molar-refractivity contribution in [3.05, 3.63) is 59.2 Å². The van der Waals surface area contributed by atoms with Crippen molar-refractivity contribution in [1.29, 1.82) is 5.26 Å². The molecule has 1 aromatic heterocycles. The number of aromatic amines is 1. The summed E-state index contributed by atoms with van der Waals surface area (Å²) in [4.78, 5) is 3.12. The third kappa shape index (κ3) is 1.66. The van der Waals surface area contributed by atoms with Crippen molar-refractivity contribution in [2.75, 3.05) is 0 Å². The highest BCUT2D eigenvalue weighted by Crippen LogP contribution is 2.33. The molecule has 3 aromatic rings. The first-order chi connectivity index (χ1) is 8.79. The van der Waals surface area contributed by atoms with Gasteiger partial charge in [-0.1, -0.05) is 41.9 Å². The largest absolute Gasteiger partial charge is 0.346 e. The lowest BCUT2D eigenvalue weighted by atomic mass is 10.0. The molecule has 3 rings (SSSR count). The molecule has 2 aromatic carbocycles. The van der Waals surface area contributed by atoms with Crippen molar-refractivity contribution in [3.8, 4) is 17.2 Å². The van der Waals surface area contributed by atoms with Gasteiger partial charge in [-0.05, 0) is 23.8 Å². The zero-order chi connectivity index (χ0) is 12.5. The van der Waals surface area contributed by atoms with Gasteiger partial charge in [0.1, 0.15) is 11.8 Å². The normalized spacial score (nSPS) is 10.4. The maximum absolute atomic E-state index is 9.24. The average Bonchev–Trinajstić information content (AvgIpc) is 2.77. The van der Waals surface area contributed by atoms with Crippen LogP contribution < -0.4 is 0 Å². The van der Waals surface area contributed by atoms with Crippen molar-refractivity contribution in [2.24, 2.45) is 0 Å². The fourth-order valence-corrected chi connectivity index (χ4v) is 2.32. The van der Waals surface area contributed by atoms with Gasteiger partial charge < -0.3 is 4.98 Å². The van der Waals surface area contributed by atoms with Crippen molar-refractivity contribution in [3.63, 3.8) is 0 Å². The minimum Gasteiger partial charge on any atom is -0.346 e. The van der Waals surface area contributed by atoms with Crippen molar-refractivity contribution in [1.82, 2.24) is 4.98 Å². The summed E-state index contributed by atoms with van der Waals surface area (Å²) in [7, 11) is 0. The third-order valence-electron chi connectivity index (χ3n) is 2.93. The Balaban J connectivity index is 2.40. The number of fused-ring (bicyclic) bond motifs is 1. The summed E-state index contributed by atoms with van der Waals surface area (Å²) in [6.45, 7) is 0. The predicted molar refractivity (Wildman–Crippen MR) is 73.5 cm³/mol. The van der Waals surface area contributed by atoms with Crippen LogP contribution in [-0.2, 0) is 0 Å². The molecular formula is C15H9ClN2. The van der Waals surface area contributed by atoms with Crippen molar-refractivity contribution >= 4 is 22.5 Å². The fourth-order valence-electron chi connectivity index (χ4n) is 2.15. The van der Waals surface area contributed by atoms with E-state index in [4.69, 9.17) is 11.6 Å². The van der Waals surface area contributed by atoms with E-state index in [0.29, 0.717) is 10.7 Å². The van der Waals surface area contributed by atoms with E-state index >= 15 is 0 Å². The minimum absolute atomic E-state index is 0.568. The van der Waals surface area contributed by atoms with E-state index < -0.39 is 0 Å². The Bertz CT molecular complexity index is 751. The molecule has 0 unspecified atom stereocenters. The first kappa shape index (κ1) is 10.9. The fraction of sp³-hybridized carbons (Fsp3) is 0. The van der Waals surface area contributed by atoms with Crippen LogP contribution in [-0.4, -0.2) is 4.98 Å². The quantitative estimate of drug-likeness (QED) is 0.687. The van der Waals surface area contributed by atoms with Crippen LogP contribution in [0.4, 0.5) is 0 Å². The van der Waals surface area contributed by atoms with Gasteiger partial charge in [0, 0.05) is 21.5 Å².